The molecular weight excluding hydrogens is 104 g/mol. The van der Waals surface area contributed by atoms with Gasteiger partial charge in [-0.25, -0.2) is 0 Å². The molecule has 0 aromatic heterocycles. The van der Waals surface area contributed by atoms with Crippen molar-refractivity contribution in [2.45, 2.75) is 6.92 Å². The molecule has 0 atom stereocenters. The van der Waals surface area contributed by atoms with E-state index in [-0.39, 0.29) is 12.6 Å². The molecule has 0 aliphatic rings. The average Bonchev–Trinajstić information content (AvgIpc) is 1.66. The Kier molecular flexibility index (Phi) is 3.69. The van der Waals surface area contributed by atoms with Crippen LogP contribution in [0.4, 0.5) is 0 Å². The molecule has 0 unspecified atom stereocenters. The summed E-state index contributed by atoms with van der Waals surface area (Å²) in [5, 5.41) is 0. The first kappa shape index (κ1) is 7.03. The SMILES string of the molecule is [CH2]C#CCOC(C)=O. The van der Waals surface area contributed by atoms with Crippen molar-refractivity contribution in [1.29, 1.82) is 0 Å². The number of carbonyl (C=O) groups is 1. The Bertz CT molecular complexity index is 127. The van der Waals surface area contributed by atoms with Crippen molar-refractivity contribution in [2.24, 2.45) is 0 Å². The molecule has 43 valence electrons. The smallest absolute Gasteiger partial charge is 0.303 e. The van der Waals surface area contributed by atoms with Crippen LogP contribution in [0.15, 0.2) is 0 Å². The summed E-state index contributed by atoms with van der Waals surface area (Å²) in [6, 6.07) is 0. The minimum Gasteiger partial charge on any atom is -0.453 e. The largest absolute Gasteiger partial charge is 0.453 e. The van der Waals surface area contributed by atoms with Crippen LogP contribution >= 0.6 is 0 Å². The summed E-state index contributed by atoms with van der Waals surface area (Å²) in [6.45, 7) is 4.72. The van der Waals surface area contributed by atoms with Crippen molar-refractivity contribution in [3.63, 3.8) is 0 Å². The maximum atomic E-state index is 10.0. The lowest BCUT2D eigenvalue weighted by Gasteiger charge is -1.89. The van der Waals surface area contributed by atoms with E-state index in [1.165, 1.54) is 6.92 Å². The van der Waals surface area contributed by atoms with E-state index >= 15 is 0 Å². The Labute approximate surface area is 48.8 Å². The van der Waals surface area contributed by atoms with Crippen LogP contribution in [0.2, 0.25) is 0 Å². The van der Waals surface area contributed by atoms with Gasteiger partial charge in [0.25, 0.3) is 0 Å². The van der Waals surface area contributed by atoms with Crippen LogP contribution in [0.25, 0.3) is 0 Å². The van der Waals surface area contributed by atoms with Gasteiger partial charge in [-0.15, -0.1) is 0 Å². The first-order valence-electron chi connectivity index (χ1n) is 2.15. The fraction of sp³-hybridized carbons (Fsp3) is 0.333. The van der Waals surface area contributed by atoms with E-state index in [0.717, 1.165) is 0 Å². The quantitative estimate of drug-likeness (QED) is 0.361. The van der Waals surface area contributed by atoms with Gasteiger partial charge in [0.05, 0.1) is 0 Å². The standard InChI is InChI=1S/C6H7O2/c1-3-4-5-8-6(2)7/h1,5H2,2H3. The molecule has 2 heteroatoms. The van der Waals surface area contributed by atoms with Crippen molar-refractivity contribution in [2.75, 3.05) is 6.61 Å². The average molecular weight is 111 g/mol. The summed E-state index contributed by atoms with van der Waals surface area (Å²) < 4.78 is 4.43. The van der Waals surface area contributed by atoms with E-state index in [1.807, 2.05) is 0 Å². The van der Waals surface area contributed by atoms with E-state index in [9.17, 15) is 4.79 Å². The van der Waals surface area contributed by atoms with Gasteiger partial charge in [0.1, 0.15) is 0 Å². The molecule has 0 bridgehead atoms. The van der Waals surface area contributed by atoms with Gasteiger partial charge in [0, 0.05) is 13.8 Å². The maximum absolute atomic E-state index is 10.0. The summed E-state index contributed by atoms with van der Waals surface area (Å²) in [7, 11) is 0. The lowest BCUT2D eigenvalue weighted by molar-refractivity contribution is -0.139. The minimum absolute atomic E-state index is 0.152. The molecule has 0 aromatic carbocycles. The second-order valence-corrected chi connectivity index (χ2v) is 1.13. The molecule has 0 aromatic rings. The van der Waals surface area contributed by atoms with E-state index < -0.39 is 0 Å². The zero-order valence-electron chi connectivity index (χ0n) is 4.73. The molecule has 0 rings (SSSR count). The molecule has 8 heavy (non-hydrogen) atoms. The van der Waals surface area contributed by atoms with Gasteiger partial charge < -0.3 is 4.74 Å². The van der Waals surface area contributed by atoms with E-state index in [0.29, 0.717) is 0 Å². The third-order valence-corrected chi connectivity index (χ3v) is 0.473. The van der Waals surface area contributed by atoms with Gasteiger partial charge in [0.2, 0.25) is 0 Å². The fourth-order valence-electron chi connectivity index (χ4n) is 0.189. The lowest BCUT2D eigenvalue weighted by atomic mass is 10.6. The number of esters is 1. The first-order chi connectivity index (χ1) is 3.77. The van der Waals surface area contributed by atoms with Gasteiger partial charge in [0.15, 0.2) is 6.61 Å². The van der Waals surface area contributed by atoms with Crippen molar-refractivity contribution in [3.8, 4) is 11.8 Å². The molecule has 0 aliphatic carbocycles. The van der Waals surface area contributed by atoms with E-state index in [4.69, 9.17) is 0 Å². The summed E-state index contributed by atoms with van der Waals surface area (Å²) in [6.07, 6.45) is 0. The Morgan fingerprint density at radius 1 is 1.88 bits per heavy atom. The minimum atomic E-state index is -0.312. The van der Waals surface area contributed by atoms with Gasteiger partial charge >= 0.3 is 5.97 Å². The van der Waals surface area contributed by atoms with E-state index in [2.05, 4.69) is 23.5 Å². The Morgan fingerprint density at radius 3 is 2.88 bits per heavy atom. The van der Waals surface area contributed by atoms with Gasteiger partial charge in [-0.2, -0.15) is 0 Å². The highest BCUT2D eigenvalue weighted by atomic mass is 16.5. The number of hydrogen-bond acceptors (Lipinski definition) is 2. The molecule has 0 aliphatic heterocycles. The summed E-state index contributed by atoms with van der Waals surface area (Å²) in [5.41, 5.74) is 0. The molecule has 0 heterocycles. The van der Waals surface area contributed by atoms with Gasteiger partial charge in [-0.3, -0.25) is 4.79 Å². The van der Waals surface area contributed by atoms with Crippen LogP contribution in [0.3, 0.4) is 0 Å². The predicted octanol–water partition coefficient (Wildman–Crippen LogP) is 0.387. The second kappa shape index (κ2) is 4.20. The zero-order chi connectivity index (χ0) is 6.41. The molecule has 0 amide bonds. The first-order valence-corrected chi connectivity index (χ1v) is 2.15. The summed E-state index contributed by atoms with van der Waals surface area (Å²) in [4.78, 5) is 10.0. The second-order valence-electron chi connectivity index (χ2n) is 1.13. The summed E-state index contributed by atoms with van der Waals surface area (Å²) in [5.74, 6) is 4.51. The molecule has 0 saturated carbocycles. The number of hydrogen-bond donors (Lipinski definition) is 0. The van der Waals surface area contributed by atoms with Crippen LogP contribution in [-0.4, -0.2) is 12.6 Å². The maximum Gasteiger partial charge on any atom is 0.303 e. The van der Waals surface area contributed by atoms with Crippen LogP contribution in [0, 0.1) is 18.8 Å². The number of carbonyl (C=O) groups excluding carboxylic acids is 1. The third-order valence-electron chi connectivity index (χ3n) is 0.473. The third kappa shape index (κ3) is 5.03. The molecular formula is C6H7O2. The molecule has 0 spiro atoms. The zero-order valence-corrected chi connectivity index (χ0v) is 4.73. The lowest BCUT2D eigenvalue weighted by Crippen LogP contribution is -1.97. The molecule has 2 nitrogen and oxygen atoms in total. The van der Waals surface area contributed by atoms with Gasteiger partial charge in [-0.1, -0.05) is 11.8 Å². The fourth-order valence-corrected chi connectivity index (χ4v) is 0.189. The molecule has 0 fully saturated rings. The molecule has 0 saturated heterocycles. The van der Waals surface area contributed by atoms with Crippen LogP contribution in [0.1, 0.15) is 6.92 Å². The topological polar surface area (TPSA) is 26.3 Å². The van der Waals surface area contributed by atoms with Crippen molar-refractivity contribution >= 4 is 5.97 Å². The highest BCUT2D eigenvalue weighted by Crippen LogP contribution is 1.71. The molecule has 0 N–H and O–H groups in total. The van der Waals surface area contributed by atoms with Crippen molar-refractivity contribution < 1.29 is 9.53 Å². The molecule has 1 radical (unpaired) electrons. The normalized spacial score (nSPS) is 6.75. The van der Waals surface area contributed by atoms with Crippen molar-refractivity contribution in [1.82, 2.24) is 0 Å². The van der Waals surface area contributed by atoms with Crippen LogP contribution in [-0.2, 0) is 9.53 Å². The van der Waals surface area contributed by atoms with Crippen LogP contribution < -0.4 is 0 Å². The Balaban J connectivity index is 3.14. The highest BCUT2D eigenvalue weighted by Gasteiger charge is 1.84. The van der Waals surface area contributed by atoms with Crippen LogP contribution in [0.5, 0.6) is 0 Å². The van der Waals surface area contributed by atoms with E-state index in [1.54, 1.807) is 0 Å². The monoisotopic (exact) mass is 111 g/mol. The Morgan fingerprint density at radius 2 is 2.50 bits per heavy atom. The summed E-state index contributed by atoms with van der Waals surface area (Å²) >= 11 is 0. The highest BCUT2D eigenvalue weighted by molar-refractivity contribution is 5.66. The van der Waals surface area contributed by atoms with Crippen molar-refractivity contribution in [3.05, 3.63) is 6.92 Å². The predicted molar refractivity (Wildman–Crippen MR) is 29.8 cm³/mol. The Hall–Kier alpha value is -0.970. The van der Waals surface area contributed by atoms with Gasteiger partial charge in [-0.05, 0) is 0 Å². The number of rotatable bonds is 1. The number of ether oxygens (including phenoxy) is 1.